The van der Waals surface area contributed by atoms with E-state index < -0.39 is 6.04 Å². The van der Waals surface area contributed by atoms with E-state index in [9.17, 15) is 9.59 Å². The van der Waals surface area contributed by atoms with Crippen LogP contribution in [0, 0.1) is 0 Å². The molecule has 0 aliphatic heterocycles. The number of amides is 2. The number of hydrogen-bond donors (Lipinski definition) is 2. The van der Waals surface area contributed by atoms with Crippen LogP contribution < -0.4 is 15.4 Å². The molecule has 132 valence electrons. The molecule has 1 unspecified atom stereocenters. The minimum absolute atomic E-state index is 0.135. The minimum atomic E-state index is -0.408. The average Bonchev–Trinajstić information content (AvgIpc) is 2.60. The van der Waals surface area contributed by atoms with Gasteiger partial charge in [-0.2, -0.15) is 0 Å². The van der Waals surface area contributed by atoms with Crippen molar-refractivity contribution < 1.29 is 14.3 Å². The van der Waals surface area contributed by atoms with Crippen LogP contribution in [0.3, 0.4) is 0 Å². The molecule has 0 aliphatic carbocycles. The zero-order valence-electron chi connectivity index (χ0n) is 14.2. The van der Waals surface area contributed by atoms with E-state index in [0.29, 0.717) is 17.3 Å². The molecular formula is C19H21ClN2O3. The molecule has 0 saturated carbocycles. The van der Waals surface area contributed by atoms with E-state index in [1.807, 2.05) is 30.3 Å². The number of hydrogen-bond acceptors (Lipinski definition) is 3. The summed E-state index contributed by atoms with van der Waals surface area (Å²) in [5.41, 5.74) is 1.68. The summed E-state index contributed by atoms with van der Waals surface area (Å²) in [6.07, 6.45) is 0.135. The Kier molecular flexibility index (Phi) is 6.83. The van der Waals surface area contributed by atoms with Crippen LogP contribution in [0.25, 0.3) is 0 Å². The molecule has 5 nitrogen and oxygen atoms in total. The first-order chi connectivity index (χ1) is 12.0. The number of nitrogens with one attached hydrogen (secondary N) is 2. The summed E-state index contributed by atoms with van der Waals surface area (Å²) in [6, 6.07) is 14.2. The molecule has 0 saturated heterocycles. The Bertz CT molecular complexity index is 732. The van der Waals surface area contributed by atoms with Crippen molar-refractivity contribution in [3.8, 4) is 5.75 Å². The molecule has 0 heterocycles. The maximum Gasteiger partial charge on any atom is 0.222 e. The van der Waals surface area contributed by atoms with Crippen molar-refractivity contribution in [1.29, 1.82) is 0 Å². The van der Waals surface area contributed by atoms with Crippen molar-refractivity contribution in [3.63, 3.8) is 0 Å². The van der Waals surface area contributed by atoms with Crippen molar-refractivity contribution in [1.82, 2.24) is 10.6 Å². The van der Waals surface area contributed by atoms with Crippen LogP contribution in [-0.4, -0.2) is 18.9 Å². The van der Waals surface area contributed by atoms with Crippen LogP contribution >= 0.6 is 11.6 Å². The summed E-state index contributed by atoms with van der Waals surface area (Å²) < 4.78 is 5.13. The minimum Gasteiger partial charge on any atom is -0.497 e. The second-order valence-corrected chi connectivity index (χ2v) is 6.01. The van der Waals surface area contributed by atoms with Gasteiger partial charge in [-0.05, 0) is 29.3 Å². The lowest BCUT2D eigenvalue weighted by Gasteiger charge is -2.18. The molecule has 0 aliphatic rings. The Morgan fingerprint density at radius 3 is 2.40 bits per heavy atom. The molecule has 2 aromatic rings. The SMILES string of the molecule is COc1ccc(C(CC(=O)NCc2ccccc2Cl)NC(C)=O)cc1. The second kappa shape index (κ2) is 9.08. The van der Waals surface area contributed by atoms with Gasteiger partial charge in [0.15, 0.2) is 0 Å². The summed E-state index contributed by atoms with van der Waals surface area (Å²) in [7, 11) is 1.59. The van der Waals surface area contributed by atoms with Gasteiger partial charge in [0.25, 0.3) is 0 Å². The van der Waals surface area contributed by atoms with E-state index in [0.717, 1.165) is 11.1 Å². The van der Waals surface area contributed by atoms with Crippen LogP contribution in [0.1, 0.15) is 30.5 Å². The van der Waals surface area contributed by atoms with Crippen molar-refractivity contribution >= 4 is 23.4 Å². The first-order valence-corrected chi connectivity index (χ1v) is 8.28. The highest BCUT2D eigenvalue weighted by Crippen LogP contribution is 2.21. The lowest BCUT2D eigenvalue weighted by Crippen LogP contribution is -2.32. The summed E-state index contributed by atoms with van der Waals surface area (Å²) in [5.74, 6) is 0.350. The maximum atomic E-state index is 12.3. The van der Waals surface area contributed by atoms with E-state index in [4.69, 9.17) is 16.3 Å². The predicted octanol–water partition coefficient (Wildman–Crippen LogP) is 3.23. The number of methoxy groups -OCH3 is 1. The normalized spacial score (nSPS) is 11.5. The molecule has 2 N–H and O–H groups in total. The smallest absolute Gasteiger partial charge is 0.222 e. The Balaban J connectivity index is 2.01. The highest BCUT2D eigenvalue weighted by atomic mass is 35.5. The monoisotopic (exact) mass is 360 g/mol. The highest BCUT2D eigenvalue weighted by Gasteiger charge is 2.17. The topological polar surface area (TPSA) is 67.4 Å². The first kappa shape index (κ1) is 18.8. The predicted molar refractivity (Wildman–Crippen MR) is 97.5 cm³/mol. The largest absolute Gasteiger partial charge is 0.497 e. The third kappa shape index (κ3) is 5.80. The third-order valence-corrected chi connectivity index (χ3v) is 4.09. The van der Waals surface area contributed by atoms with Gasteiger partial charge in [0, 0.05) is 18.5 Å². The van der Waals surface area contributed by atoms with Crippen molar-refractivity contribution in [2.45, 2.75) is 25.9 Å². The van der Waals surface area contributed by atoms with Crippen LogP contribution in [-0.2, 0) is 16.1 Å². The van der Waals surface area contributed by atoms with E-state index in [2.05, 4.69) is 10.6 Å². The number of carbonyl (C=O) groups is 2. The quantitative estimate of drug-likeness (QED) is 0.796. The van der Waals surface area contributed by atoms with Gasteiger partial charge in [0.1, 0.15) is 5.75 Å². The summed E-state index contributed by atoms with van der Waals surface area (Å²) >= 11 is 6.09. The molecule has 2 amide bonds. The highest BCUT2D eigenvalue weighted by molar-refractivity contribution is 6.31. The molecule has 0 fully saturated rings. The van der Waals surface area contributed by atoms with E-state index in [-0.39, 0.29) is 18.2 Å². The molecular weight excluding hydrogens is 340 g/mol. The summed E-state index contributed by atoms with van der Waals surface area (Å²) in [5, 5.41) is 6.25. The fourth-order valence-electron chi connectivity index (χ4n) is 2.43. The molecule has 0 radical (unpaired) electrons. The maximum absolute atomic E-state index is 12.3. The van der Waals surface area contributed by atoms with Crippen LogP contribution in [0.5, 0.6) is 5.75 Å². The second-order valence-electron chi connectivity index (χ2n) is 5.60. The summed E-state index contributed by atoms with van der Waals surface area (Å²) in [4.78, 5) is 23.8. The standard InChI is InChI=1S/C19H21ClN2O3/c1-13(23)22-18(14-7-9-16(25-2)10-8-14)11-19(24)21-12-15-5-3-4-6-17(15)20/h3-10,18H,11-12H2,1-2H3,(H,21,24)(H,22,23). The van der Waals surface area contributed by atoms with Crippen LogP contribution in [0.4, 0.5) is 0 Å². The van der Waals surface area contributed by atoms with Gasteiger partial charge in [-0.3, -0.25) is 9.59 Å². The van der Waals surface area contributed by atoms with Gasteiger partial charge in [-0.1, -0.05) is 41.9 Å². The summed E-state index contributed by atoms with van der Waals surface area (Å²) in [6.45, 7) is 1.77. The number of benzene rings is 2. The number of halogens is 1. The Morgan fingerprint density at radius 1 is 1.12 bits per heavy atom. The van der Waals surface area contributed by atoms with Gasteiger partial charge in [-0.25, -0.2) is 0 Å². The van der Waals surface area contributed by atoms with Gasteiger partial charge in [0.2, 0.25) is 11.8 Å². The number of carbonyl (C=O) groups excluding carboxylic acids is 2. The number of rotatable bonds is 7. The van der Waals surface area contributed by atoms with Crippen molar-refractivity contribution in [2.75, 3.05) is 7.11 Å². The van der Waals surface area contributed by atoms with Crippen molar-refractivity contribution in [2.24, 2.45) is 0 Å². The number of ether oxygens (including phenoxy) is 1. The fraction of sp³-hybridized carbons (Fsp3) is 0.263. The van der Waals surface area contributed by atoms with Crippen LogP contribution in [0.15, 0.2) is 48.5 Å². The van der Waals surface area contributed by atoms with Crippen LogP contribution in [0.2, 0.25) is 5.02 Å². The van der Waals surface area contributed by atoms with Gasteiger partial charge >= 0.3 is 0 Å². The Hall–Kier alpha value is -2.53. The molecule has 25 heavy (non-hydrogen) atoms. The van der Waals surface area contributed by atoms with E-state index in [1.54, 1.807) is 25.3 Å². The molecule has 2 rings (SSSR count). The van der Waals surface area contributed by atoms with Crippen molar-refractivity contribution in [3.05, 3.63) is 64.7 Å². The van der Waals surface area contributed by atoms with Gasteiger partial charge < -0.3 is 15.4 Å². The van der Waals surface area contributed by atoms with E-state index in [1.165, 1.54) is 6.92 Å². The lowest BCUT2D eigenvalue weighted by atomic mass is 10.0. The Morgan fingerprint density at radius 2 is 1.80 bits per heavy atom. The average molecular weight is 361 g/mol. The molecule has 1 atom stereocenters. The third-order valence-electron chi connectivity index (χ3n) is 3.72. The fourth-order valence-corrected chi connectivity index (χ4v) is 2.63. The molecule has 0 spiro atoms. The molecule has 2 aromatic carbocycles. The zero-order valence-corrected chi connectivity index (χ0v) is 15.0. The molecule has 6 heteroatoms. The van der Waals surface area contributed by atoms with Gasteiger partial charge in [-0.15, -0.1) is 0 Å². The zero-order chi connectivity index (χ0) is 18.2. The lowest BCUT2D eigenvalue weighted by molar-refractivity contribution is -0.122. The van der Waals surface area contributed by atoms with Gasteiger partial charge in [0.05, 0.1) is 19.6 Å². The molecule has 0 aromatic heterocycles. The molecule has 0 bridgehead atoms. The Labute approximate surface area is 152 Å². The van der Waals surface area contributed by atoms with E-state index >= 15 is 0 Å². The first-order valence-electron chi connectivity index (χ1n) is 7.90.